The Bertz CT molecular complexity index is 599. The normalized spacial score (nSPS) is 10.3. The minimum atomic E-state index is 0.128. The van der Waals surface area contributed by atoms with Crippen molar-refractivity contribution in [3.05, 3.63) is 23.8 Å². The summed E-state index contributed by atoms with van der Waals surface area (Å²) in [6, 6.07) is 5.49. The number of anilines is 1. The molecule has 0 aliphatic rings. The van der Waals surface area contributed by atoms with Crippen molar-refractivity contribution < 1.29 is 9.84 Å². The van der Waals surface area contributed by atoms with Crippen LogP contribution in [0.4, 0.5) is 5.95 Å². The molecule has 1 N–H and O–H groups in total. The smallest absolute Gasteiger partial charge is 0.321 e. The van der Waals surface area contributed by atoms with Crippen molar-refractivity contribution in [3.8, 4) is 23.1 Å². The molecule has 100 valence electrons. The number of aromatic nitrogens is 3. The van der Waals surface area contributed by atoms with Crippen LogP contribution in [0.2, 0.25) is 0 Å². The minimum Gasteiger partial charge on any atom is -0.507 e. The summed E-state index contributed by atoms with van der Waals surface area (Å²) in [5, 5.41) is 9.93. The number of hydrogen-bond donors (Lipinski definition) is 1. The Morgan fingerprint density at radius 2 is 1.89 bits per heavy atom. The molecular weight excluding hydrogens is 244 g/mol. The van der Waals surface area contributed by atoms with Gasteiger partial charge in [0, 0.05) is 14.1 Å². The van der Waals surface area contributed by atoms with Gasteiger partial charge in [-0.05, 0) is 19.1 Å². The lowest BCUT2D eigenvalue weighted by atomic mass is 10.1. The van der Waals surface area contributed by atoms with Crippen molar-refractivity contribution in [1.29, 1.82) is 0 Å². The van der Waals surface area contributed by atoms with Crippen LogP contribution in [0.1, 0.15) is 5.56 Å². The lowest BCUT2D eigenvalue weighted by molar-refractivity contribution is 0.379. The maximum atomic E-state index is 9.93. The highest BCUT2D eigenvalue weighted by Crippen LogP contribution is 2.28. The van der Waals surface area contributed by atoms with Crippen LogP contribution >= 0.6 is 0 Å². The number of phenolic OH excluding ortho intramolecular Hbond substituents is 1. The van der Waals surface area contributed by atoms with Gasteiger partial charge in [0.2, 0.25) is 5.95 Å². The van der Waals surface area contributed by atoms with E-state index in [4.69, 9.17) is 4.74 Å². The number of phenols is 1. The molecule has 2 aromatic rings. The number of rotatable bonds is 3. The Balaban J connectivity index is 2.60. The van der Waals surface area contributed by atoms with Gasteiger partial charge in [0.25, 0.3) is 0 Å². The third-order valence-electron chi connectivity index (χ3n) is 2.58. The third-order valence-corrected chi connectivity index (χ3v) is 2.58. The first-order chi connectivity index (χ1) is 9.01. The Morgan fingerprint density at radius 1 is 1.16 bits per heavy atom. The first-order valence-electron chi connectivity index (χ1n) is 5.78. The maximum Gasteiger partial charge on any atom is 0.321 e. The predicted octanol–water partition coefficient (Wildman–Crippen LogP) is 1.63. The van der Waals surface area contributed by atoms with Crippen LogP contribution in [0.25, 0.3) is 11.4 Å². The van der Waals surface area contributed by atoms with E-state index in [0.29, 0.717) is 17.3 Å². The fraction of sp³-hybridized carbons (Fsp3) is 0.308. The molecule has 0 saturated heterocycles. The van der Waals surface area contributed by atoms with Gasteiger partial charge < -0.3 is 14.7 Å². The fourth-order valence-electron chi connectivity index (χ4n) is 1.59. The molecule has 1 aromatic heterocycles. The summed E-state index contributed by atoms with van der Waals surface area (Å²) >= 11 is 0. The zero-order chi connectivity index (χ0) is 14.0. The highest BCUT2D eigenvalue weighted by Gasteiger charge is 2.13. The van der Waals surface area contributed by atoms with Gasteiger partial charge in [0.05, 0.1) is 12.7 Å². The van der Waals surface area contributed by atoms with Gasteiger partial charge in [0.1, 0.15) is 5.75 Å². The fourth-order valence-corrected chi connectivity index (χ4v) is 1.59. The van der Waals surface area contributed by atoms with Gasteiger partial charge in [-0.1, -0.05) is 11.6 Å². The molecule has 1 aromatic carbocycles. The predicted molar refractivity (Wildman–Crippen MR) is 72.5 cm³/mol. The van der Waals surface area contributed by atoms with Crippen LogP contribution in [0, 0.1) is 6.92 Å². The zero-order valence-corrected chi connectivity index (χ0v) is 11.4. The average Bonchev–Trinajstić information content (AvgIpc) is 2.40. The second kappa shape index (κ2) is 5.09. The summed E-state index contributed by atoms with van der Waals surface area (Å²) in [6.45, 7) is 1.94. The first-order valence-corrected chi connectivity index (χ1v) is 5.78. The number of aryl methyl sites for hydroxylation is 1. The quantitative estimate of drug-likeness (QED) is 0.904. The van der Waals surface area contributed by atoms with Crippen molar-refractivity contribution >= 4 is 5.95 Å². The molecule has 0 aliphatic carbocycles. The van der Waals surface area contributed by atoms with E-state index in [1.165, 1.54) is 7.11 Å². The molecule has 0 amide bonds. The summed E-state index contributed by atoms with van der Waals surface area (Å²) in [4.78, 5) is 14.4. The van der Waals surface area contributed by atoms with Gasteiger partial charge in [-0.2, -0.15) is 15.0 Å². The molecule has 0 aliphatic heterocycles. The highest BCUT2D eigenvalue weighted by molar-refractivity contribution is 5.65. The standard InChI is InChI=1S/C13H16N4O2/c1-8-5-6-10(18)9(7-8)11-14-12(17(2)3)16-13(15-11)19-4/h5-7,18H,1-4H3. The van der Waals surface area contributed by atoms with Gasteiger partial charge in [-0.3, -0.25) is 0 Å². The van der Waals surface area contributed by atoms with Gasteiger partial charge in [0.15, 0.2) is 5.82 Å². The second-order valence-electron chi connectivity index (χ2n) is 4.36. The number of hydrogen-bond acceptors (Lipinski definition) is 6. The second-order valence-corrected chi connectivity index (χ2v) is 4.36. The molecule has 6 heteroatoms. The molecule has 0 fully saturated rings. The Kier molecular flexibility index (Phi) is 3.50. The summed E-state index contributed by atoms with van der Waals surface area (Å²) in [7, 11) is 5.15. The number of methoxy groups -OCH3 is 1. The van der Waals surface area contributed by atoms with E-state index in [9.17, 15) is 5.11 Å². The Labute approximate surface area is 111 Å². The van der Waals surface area contributed by atoms with Crippen molar-refractivity contribution in [2.75, 3.05) is 26.1 Å². The summed E-state index contributed by atoms with van der Waals surface area (Å²) in [5.41, 5.74) is 1.57. The molecular formula is C13H16N4O2. The first kappa shape index (κ1) is 13.1. The monoisotopic (exact) mass is 260 g/mol. The largest absolute Gasteiger partial charge is 0.507 e. The van der Waals surface area contributed by atoms with Crippen molar-refractivity contribution in [2.45, 2.75) is 6.92 Å². The molecule has 19 heavy (non-hydrogen) atoms. The average molecular weight is 260 g/mol. The molecule has 0 bridgehead atoms. The zero-order valence-electron chi connectivity index (χ0n) is 11.4. The van der Waals surface area contributed by atoms with Crippen LogP contribution in [-0.4, -0.2) is 41.3 Å². The Morgan fingerprint density at radius 3 is 2.53 bits per heavy atom. The van der Waals surface area contributed by atoms with Crippen molar-refractivity contribution in [2.24, 2.45) is 0 Å². The van der Waals surface area contributed by atoms with Gasteiger partial charge >= 0.3 is 6.01 Å². The maximum absolute atomic E-state index is 9.93. The number of ether oxygens (including phenoxy) is 1. The molecule has 0 saturated carbocycles. The third kappa shape index (κ3) is 2.73. The van der Waals surface area contributed by atoms with Crippen LogP contribution in [0.3, 0.4) is 0 Å². The van der Waals surface area contributed by atoms with Crippen molar-refractivity contribution in [1.82, 2.24) is 15.0 Å². The molecule has 6 nitrogen and oxygen atoms in total. The SMILES string of the molecule is COc1nc(-c2cc(C)ccc2O)nc(N(C)C)n1. The van der Waals surface area contributed by atoms with E-state index in [1.807, 2.05) is 33.2 Å². The van der Waals surface area contributed by atoms with Crippen LogP contribution in [0.15, 0.2) is 18.2 Å². The van der Waals surface area contributed by atoms with E-state index in [1.54, 1.807) is 11.0 Å². The van der Waals surface area contributed by atoms with Gasteiger partial charge in [-0.15, -0.1) is 0 Å². The molecule has 2 rings (SSSR count). The number of benzene rings is 1. The summed E-state index contributed by atoms with van der Waals surface area (Å²) in [6.07, 6.45) is 0. The minimum absolute atomic E-state index is 0.128. The van der Waals surface area contributed by atoms with E-state index < -0.39 is 0 Å². The number of aromatic hydroxyl groups is 1. The lowest BCUT2D eigenvalue weighted by Crippen LogP contribution is -2.14. The van der Waals surface area contributed by atoms with Gasteiger partial charge in [-0.25, -0.2) is 0 Å². The van der Waals surface area contributed by atoms with E-state index >= 15 is 0 Å². The summed E-state index contributed by atoms with van der Waals surface area (Å²) in [5.74, 6) is 0.989. The van der Waals surface area contributed by atoms with E-state index in [2.05, 4.69) is 15.0 Å². The van der Waals surface area contributed by atoms with Crippen LogP contribution in [-0.2, 0) is 0 Å². The molecule has 1 heterocycles. The lowest BCUT2D eigenvalue weighted by Gasteiger charge is -2.12. The topological polar surface area (TPSA) is 71.4 Å². The molecule has 0 radical (unpaired) electrons. The molecule has 0 atom stereocenters. The molecule has 0 unspecified atom stereocenters. The van der Waals surface area contributed by atoms with E-state index in [0.717, 1.165) is 5.56 Å². The number of nitrogens with zero attached hydrogens (tertiary/aromatic N) is 4. The van der Waals surface area contributed by atoms with Crippen LogP contribution in [0.5, 0.6) is 11.8 Å². The Hall–Kier alpha value is -2.37. The van der Waals surface area contributed by atoms with Crippen LogP contribution < -0.4 is 9.64 Å². The highest BCUT2D eigenvalue weighted by atomic mass is 16.5. The summed E-state index contributed by atoms with van der Waals surface area (Å²) < 4.78 is 5.07. The molecule has 0 spiro atoms. The van der Waals surface area contributed by atoms with E-state index in [-0.39, 0.29) is 11.8 Å². The van der Waals surface area contributed by atoms with Crippen molar-refractivity contribution in [3.63, 3.8) is 0 Å².